The smallest absolute Gasteiger partial charge is 0.289 e. The Kier molecular flexibility index (Phi) is 5.49. The van der Waals surface area contributed by atoms with Crippen molar-refractivity contribution < 1.29 is 9.72 Å². The van der Waals surface area contributed by atoms with Gasteiger partial charge in [0.15, 0.2) is 0 Å². The number of nitro benzene ring substituents is 1. The normalized spacial score (nSPS) is 11.1. The van der Waals surface area contributed by atoms with E-state index in [1.54, 1.807) is 23.4 Å². The van der Waals surface area contributed by atoms with E-state index in [-0.39, 0.29) is 41.0 Å². The first-order valence-electron chi connectivity index (χ1n) is 7.72. The van der Waals surface area contributed by atoms with Crippen LogP contribution in [0, 0.1) is 10.1 Å². The topological polar surface area (TPSA) is 121 Å². The Labute approximate surface area is 161 Å². The molecular formula is C16H14ClN5O4S. The molecule has 0 fully saturated rings. The third-order valence-electron chi connectivity index (χ3n) is 3.62. The fraction of sp³-hybridized carbons (Fsp3) is 0.188. The summed E-state index contributed by atoms with van der Waals surface area (Å²) in [4.78, 5) is 43.2. The van der Waals surface area contributed by atoms with Gasteiger partial charge in [0.2, 0.25) is 5.91 Å². The van der Waals surface area contributed by atoms with Crippen LogP contribution in [0.4, 0.5) is 11.4 Å². The molecule has 1 amide bonds. The van der Waals surface area contributed by atoms with Crippen LogP contribution >= 0.6 is 22.9 Å². The SMILES string of the molecule is CN(CC(=O)Nc1ccc(Cl)c([N+](=O)[O-])c1)Cc1nc2ccsc2c(=O)[nH]1. The van der Waals surface area contributed by atoms with Crippen molar-refractivity contribution in [3.05, 3.63) is 61.0 Å². The van der Waals surface area contributed by atoms with Gasteiger partial charge in [0, 0.05) is 11.8 Å². The molecule has 1 aromatic carbocycles. The van der Waals surface area contributed by atoms with Crippen molar-refractivity contribution >= 4 is 50.4 Å². The van der Waals surface area contributed by atoms with Crippen molar-refractivity contribution in [1.29, 1.82) is 0 Å². The van der Waals surface area contributed by atoms with Gasteiger partial charge < -0.3 is 10.3 Å². The van der Waals surface area contributed by atoms with Crippen molar-refractivity contribution in [3.63, 3.8) is 0 Å². The van der Waals surface area contributed by atoms with Gasteiger partial charge in [-0.3, -0.25) is 24.6 Å². The lowest BCUT2D eigenvalue weighted by atomic mass is 10.2. The summed E-state index contributed by atoms with van der Waals surface area (Å²) in [5.41, 5.74) is 0.394. The Balaban J connectivity index is 1.64. The number of aromatic nitrogens is 2. The number of anilines is 1. The van der Waals surface area contributed by atoms with Gasteiger partial charge >= 0.3 is 0 Å². The first-order valence-corrected chi connectivity index (χ1v) is 8.98. The summed E-state index contributed by atoms with van der Waals surface area (Å²) in [6.07, 6.45) is 0. The maximum Gasteiger partial charge on any atom is 0.289 e. The van der Waals surface area contributed by atoms with Gasteiger partial charge in [0.1, 0.15) is 15.5 Å². The molecule has 140 valence electrons. The summed E-state index contributed by atoms with van der Waals surface area (Å²) < 4.78 is 0.559. The monoisotopic (exact) mass is 407 g/mol. The lowest BCUT2D eigenvalue weighted by Gasteiger charge is -2.15. The molecule has 27 heavy (non-hydrogen) atoms. The average Bonchev–Trinajstić information content (AvgIpc) is 3.05. The molecular weight excluding hydrogens is 394 g/mol. The Bertz CT molecular complexity index is 1080. The highest BCUT2D eigenvalue weighted by molar-refractivity contribution is 7.17. The van der Waals surface area contributed by atoms with Crippen molar-refractivity contribution in [3.8, 4) is 0 Å². The number of halogens is 1. The van der Waals surface area contributed by atoms with E-state index in [4.69, 9.17) is 11.6 Å². The molecule has 0 aliphatic carbocycles. The quantitative estimate of drug-likeness (QED) is 0.478. The Hall–Kier alpha value is -2.82. The molecule has 2 N–H and O–H groups in total. The summed E-state index contributed by atoms with van der Waals surface area (Å²) in [6, 6.07) is 5.79. The van der Waals surface area contributed by atoms with E-state index in [0.717, 1.165) is 0 Å². The molecule has 0 spiro atoms. The van der Waals surface area contributed by atoms with Gasteiger partial charge in [-0.05, 0) is 30.6 Å². The second-order valence-electron chi connectivity index (χ2n) is 5.79. The standard InChI is InChI=1S/C16H14ClN5O4S/c1-21(7-13-19-11-4-5-27-15(11)16(24)20-13)8-14(23)18-9-2-3-10(17)12(6-9)22(25)26/h2-6H,7-8H2,1H3,(H,18,23)(H,19,20,24). The first-order chi connectivity index (χ1) is 12.8. The van der Waals surface area contributed by atoms with Crippen molar-refractivity contribution in [1.82, 2.24) is 14.9 Å². The zero-order valence-corrected chi connectivity index (χ0v) is 15.6. The Morgan fingerprint density at radius 3 is 2.96 bits per heavy atom. The van der Waals surface area contributed by atoms with Crippen LogP contribution in [-0.4, -0.2) is 39.3 Å². The highest BCUT2D eigenvalue weighted by Crippen LogP contribution is 2.27. The summed E-state index contributed by atoms with van der Waals surface area (Å²) in [7, 11) is 1.70. The average molecular weight is 408 g/mol. The summed E-state index contributed by atoms with van der Waals surface area (Å²) >= 11 is 7.07. The molecule has 0 bridgehead atoms. The molecule has 3 rings (SSSR count). The van der Waals surface area contributed by atoms with Gasteiger partial charge in [-0.25, -0.2) is 4.98 Å². The Morgan fingerprint density at radius 2 is 2.22 bits per heavy atom. The highest BCUT2D eigenvalue weighted by Gasteiger charge is 2.15. The number of nitro groups is 1. The van der Waals surface area contributed by atoms with E-state index in [2.05, 4.69) is 15.3 Å². The third-order valence-corrected chi connectivity index (χ3v) is 4.85. The molecule has 0 radical (unpaired) electrons. The number of carbonyl (C=O) groups excluding carboxylic acids is 1. The zero-order valence-electron chi connectivity index (χ0n) is 14.1. The number of H-pyrrole nitrogens is 1. The molecule has 0 atom stereocenters. The number of rotatable bonds is 6. The van der Waals surface area contributed by atoms with Gasteiger partial charge in [-0.15, -0.1) is 11.3 Å². The molecule has 0 saturated heterocycles. The molecule has 0 aliphatic heterocycles. The predicted octanol–water partition coefficient (Wildman–Crippen LogP) is 2.62. The zero-order chi connectivity index (χ0) is 19.6. The van der Waals surface area contributed by atoms with E-state index >= 15 is 0 Å². The molecule has 3 aromatic rings. The molecule has 2 heterocycles. The predicted molar refractivity (Wildman–Crippen MR) is 103 cm³/mol. The summed E-state index contributed by atoms with van der Waals surface area (Å²) in [6.45, 7) is 0.261. The van der Waals surface area contributed by atoms with Crippen LogP contribution in [0.15, 0.2) is 34.4 Å². The number of likely N-dealkylation sites (N-methyl/N-ethyl adjacent to an activating group) is 1. The van der Waals surface area contributed by atoms with Crippen molar-refractivity contribution in [2.75, 3.05) is 18.9 Å². The van der Waals surface area contributed by atoms with Crippen LogP contribution in [0.3, 0.4) is 0 Å². The van der Waals surface area contributed by atoms with Crippen molar-refractivity contribution in [2.24, 2.45) is 0 Å². The van der Waals surface area contributed by atoms with Gasteiger partial charge in [0.25, 0.3) is 11.2 Å². The molecule has 0 unspecified atom stereocenters. The lowest BCUT2D eigenvalue weighted by molar-refractivity contribution is -0.384. The van der Waals surface area contributed by atoms with Crippen LogP contribution in [0.5, 0.6) is 0 Å². The minimum absolute atomic E-state index is 0.00179. The fourth-order valence-corrected chi connectivity index (χ4v) is 3.40. The minimum Gasteiger partial charge on any atom is -0.325 e. The van der Waals surface area contributed by atoms with E-state index in [1.807, 2.05) is 0 Å². The number of aromatic amines is 1. The van der Waals surface area contributed by atoms with Crippen LogP contribution < -0.4 is 10.9 Å². The molecule has 0 saturated carbocycles. The van der Waals surface area contributed by atoms with Crippen LogP contribution in [0.2, 0.25) is 5.02 Å². The maximum atomic E-state index is 12.2. The number of carbonyl (C=O) groups is 1. The number of nitrogens with zero attached hydrogens (tertiary/aromatic N) is 3. The number of fused-ring (bicyclic) bond motifs is 1. The van der Waals surface area contributed by atoms with E-state index < -0.39 is 4.92 Å². The number of hydrogen-bond acceptors (Lipinski definition) is 7. The maximum absolute atomic E-state index is 12.2. The van der Waals surface area contributed by atoms with Gasteiger partial charge in [-0.2, -0.15) is 0 Å². The number of amides is 1. The number of benzene rings is 1. The first kappa shape index (κ1) is 19.0. The number of hydrogen-bond donors (Lipinski definition) is 2. The lowest BCUT2D eigenvalue weighted by Crippen LogP contribution is -2.31. The Morgan fingerprint density at radius 1 is 1.44 bits per heavy atom. The van der Waals surface area contributed by atoms with Gasteiger partial charge in [-0.1, -0.05) is 11.6 Å². The number of thiophene rings is 1. The molecule has 9 nitrogen and oxygen atoms in total. The molecule has 11 heteroatoms. The van der Waals surface area contributed by atoms with Crippen LogP contribution in [-0.2, 0) is 11.3 Å². The summed E-state index contributed by atoms with van der Waals surface area (Å²) in [5.74, 6) is 0.0800. The van der Waals surface area contributed by atoms with E-state index in [1.165, 1.54) is 29.5 Å². The fourth-order valence-electron chi connectivity index (χ4n) is 2.48. The van der Waals surface area contributed by atoms with Crippen LogP contribution in [0.25, 0.3) is 10.2 Å². The van der Waals surface area contributed by atoms with E-state index in [9.17, 15) is 19.7 Å². The van der Waals surface area contributed by atoms with Gasteiger partial charge in [0.05, 0.1) is 23.5 Å². The third kappa shape index (κ3) is 4.48. The van der Waals surface area contributed by atoms with Crippen LogP contribution in [0.1, 0.15) is 5.82 Å². The largest absolute Gasteiger partial charge is 0.325 e. The second-order valence-corrected chi connectivity index (χ2v) is 7.11. The molecule has 2 aromatic heterocycles. The highest BCUT2D eigenvalue weighted by atomic mass is 35.5. The van der Waals surface area contributed by atoms with Crippen molar-refractivity contribution in [2.45, 2.75) is 6.54 Å². The second kappa shape index (κ2) is 7.82. The van der Waals surface area contributed by atoms with E-state index in [0.29, 0.717) is 16.0 Å². The number of nitrogens with one attached hydrogen (secondary N) is 2. The summed E-state index contributed by atoms with van der Waals surface area (Å²) in [5, 5.41) is 15.3. The minimum atomic E-state index is -0.618. The molecule has 0 aliphatic rings.